The van der Waals surface area contributed by atoms with E-state index in [-0.39, 0.29) is 17.1 Å². The Kier molecular flexibility index (Phi) is 4.23. The molecule has 112 valence electrons. The molecule has 0 saturated heterocycles. The van der Waals surface area contributed by atoms with Gasteiger partial charge in [0.1, 0.15) is 0 Å². The third-order valence-corrected chi connectivity index (χ3v) is 4.51. The molecule has 1 fully saturated rings. The first-order valence-corrected chi connectivity index (χ1v) is 7.22. The van der Waals surface area contributed by atoms with E-state index in [4.69, 9.17) is 10.5 Å². The van der Waals surface area contributed by atoms with Crippen molar-refractivity contribution in [3.8, 4) is 5.75 Å². The van der Waals surface area contributed by atoms with Gasteiger partial charge < -0.3 is 15.8 Å². The van der Waals surface area contributed by atoms with E-state index in [0.717, 1.165) is 31.4 Å². The molecule has 2 rings (SSSR count). The molecule has 4 heteroatoms. The SMILES string of the molecule is COc1cc(NC2(CN)CCC(C)(C)CC2)ccc1F. The highest BCUT2D eigenvalue weighted by Crippen LogP contribution is 2.41. The lowest BCUT2D eigenvalue weighted by Crippen LogP contribution is -2.49. The van der Waals surface area contributed by atoms with Crippen LogP contribution in [0.3, 0.4) is 0 Å². The monoisotopic (exact) mass is 280 g/mol. The third-order valence-electron chi connectivity index (χ3n) is 4.51. The number of ether oxygens (including phenoxy) is 1. The first-order valence-electron chi connectivity index (χ1n) is 7.22. The van der Waals surface area contributed by atoms with Gasteiger partial charge in [-0.1, -0.05) is 13.8 Å². The van der Waals surface area contributed by atoms with E-state index in [2.05, 4.69) is 19.2 Å². The van der Waals surface area contributed by atoms with Crippen LogP contribution in [0.4, 0.5) is 10.1 Å². The van der Waals surface area contributed by atoms with Crippen LogP contribution >= 0.6 is 0 Å². The smallest absolute Gasteiger partial charge is 0.165 e. The minimum absolute atomic E-state index is 0.0850. The Hall–Kier alpha value is -1.29. The molecule has 1 aromatic carbocycles. The molecule has 20 heavy (non-hydrogen) atoms. The summed E-state index contributed by atoms with van der Waals surface area (Å²) in [5.74, 6) is -0.0806. The van der Waals surface area contributed by atoms with Gasteiger partial charge in [0.2, 0.25) is 0 Å². The van der Waals surface area contributed by atoms with Crippen molar-refractivity contribution in [3.05, 3.63) is 24.0 Å². The van der Waals surface area contributed by atoms with Gasteiger partial charge in [-0.2, -0.15) is 0 Å². The average Bonchev–Trinajstić information content (AvgIpc) is 2.44. The molecule has 1 aromatic rings. The van der Waals surface area contributed by atoms with Gasteiger partial charge in [-0.05, 0) is 43.2 Å². The molecule has 0 spiro atoms. The van der Waals surface area contributed by atoms with Crippen LogP contribution in [-0.2, 0) is 0 Å². The Morgan fingerprint density at radius 1 is 1.25 bits per heavy atom. The van der Waals surface area contributed by atoms with Gasteiger partial charge in [0, 0.05) is 23.8 Å². The molecule has 0 radical (unpaired) electrons. The van der Waals surface area contributed by atoms with Crippen LogP contribution in [0.1, 0.15) is 39.5 Å². The minimum Gasteiger partial charge on any atom is -0.494 e. The summed E-state index contributed by atoms with van der Waals surface area (Å²) in [7, 11) is 1.48. The van der Waals surface area contributed by atoms with Crippen LogP contribution in [0.25, 0.3) is 0 Å². The molecule has 0 bridgehead atoms. The highest BCUT2D eigenvalue weighted by Gasteiger charge is 2.37. The number of benzene rings is 1. The molecule has 0 unspecified atom stereocenters. The zero-order valence-electron chi connectivity index (χ0n) is 12.6. The zero-order chi connectivity index (χ0) is 14.8. The van der Waals surface area contributed by atoms with E-state index in [1.165, 1.54) is 13.2 Å². The number of anilines is 1. The van der Waals surface area contributed by atoms with Crippen molar-refractivity contribution in [1.82, 2.24) is 0 Å². The van der Waals surface area contributed by atoms with E-state index < -0.39 is 0 Å². The highest BCUT2D eigenvalue weighted by atomic mass is 19.1. The summed E-state index contributed by atoms with van der Waals surface area (Å²) in [6, 6.07) is 4.87. The van der Waals surface area contributed by atoms with E-state index in [0.29, 0.717) is 12.0 Å². The summed E-state index contributed by atoms with van der Waals surface area (Å²) in [6.07, 6.45) is 4.37. The summed E-state index contributed by atoms with van der Waals surface area (Å²) in [5, 5.41) is 3.51. The molecular weight excluding hydrogens is 255 g/mol. The molecule has 0 aromatic heterocycles. The lowest BCUT2D eigenvalue weighted by molar-refractivity contribution is 0.182. The largest absolute Gasteiger partial charge is 0.494 e. The maximum absolute atomic E-state index is 13.5. The molecule has 0 heterocycles. The summed E-state index contributed by atoms with van der Waals surface area (Å²) in [4.78, 5) is 0. The van der Waals surface area contributed by atoms with Crippen LogP contribution in [0.15, 0.2) is 18.2 Å². The van der Waals surface area contributed by atoms with Gasteiger partial charge >= 0.3 is 0 Å². The average molecular weight is 280 g/mol. The van der Waals surface area contributed by atoms with Crippen molar-refractivity contribution in [2.24, 2.45) is 11.1 Å². The number of nitrogens with two attached hydrogens (primary N) is 1. The minimum atomic E-state index is -0.343. The van der Waals surface area contributed by atoms with Crippen LogP contribution in [0.5, 0.6) is 5.75 Å². The number of halogens is 1. The molecule has 1 aliphatic rings. The van der Waals surface area contributed by atoms with Crippen molar-refractivity contribution in [2.75, 3.05) is 19.0 Å². The van der Waals surface area contributed by atoms with Crippen molar-refractivity contribution in [1.29, 1.82) is 0 Å². The van der Waals surface area contributed by atoms with Crippen molar-refractivity contribution >= 4 is 5.69 Å². The van der Waals surface area contributed by atoms with Gasteiger partial charge in [-0.3, -0.25) is 0 Å². The Bertz CT molecular complexity index is 464. The second kappa shape index (κ2) is 5.60. The highest BCUT2D eigenvalue weighted by molar-refractivity contribution is 5.51. The zero-order valence-corrected chi connectivity index (χ0v) is 12.6. The fraction of sp³-hybridized carbons (Fsp3) is 0.625. The summed E-state index contributed by atoms with van der Waals surface area (Å²) in [5.41, 5.74) is 7.18. The third kappa shape index (κ3) is 3.23. The first kappa shape index (κ1) is 15.1. The Balaban J connectivity index is 2.14. The first-order chi connectivity index (χ1) is 9.40. The molecule has 0 atom stereocenters. The summed E-state index contributed by atoms with van der Waals surface area (Å²) >= 11 is 0. The Morgan fingerprint density at radius 2 is 1.90 bits per heavy atom. The number of hydrogen-bond donors (Lipinski definition) is 2. The maximum Gasteiger partial charge on any atom is 0.165 e. The van der Waals surface area contributed by atoms with Crippen molar-refractivity contribution in [2.45, 2.75) is 45.1 Å². The topological polar surface area (TPSA) is 47.3 Å². The van der Waals surface area contributed by atoms with E-state index in [1.807, 2.05) is 0 Å². The van der Waals surface area contributed by atoms with Crippen molar-refractivity contribution in [3.63, 3.8) is 0 Å². The van der Waals surface area contributed by atoms with E-state index in [1.54, 1.807) is 12.1 Å². The Morgan fingerprint density at radius 3 is 2.45 bits per heavy atom. The predicted molar refractivity (Wildman–Crippen MR) is 80.6 cm³/mol. The van der Waals surface area contributed by atoms with E-state index >= 15 is 0 Å². The number of hydrogen-bond acceptors (Lipinski definition) is 3. The molecule has 3 nitrogen and oxygen atoms in total. The number of nitrogens with one attached hydrogen (secondary N) is 1. The van der Waals surface area contributed by atoms with Crippen LogP contribution in [-0.4, -0.2) is 19.2 Å². The second-order valence-electron chi connectivity index (χ2n) is 6.62. The molecule has 1 saturated carbocycles. The molecule has 0 aliphatic heterocycles. The predicted octanol–water partition coefficient (Wildman–Crippen LogP) is 3.54. The number of rotatable bonds is 4. The number of methoxy groups -OCH3 is 1. The fourth-order valence-corrected chi connectivity index (χ4v) is 2.83. The second-order valence-corrected chi connectivity index (χ2v) is 6.62. The lowest BCUT2D eigenvalue weighted by atomic mass is 9.69. The van der Waals surface area contributed by atoms with Crippen LogP contribution < -0.4 is 15.8 Å². The normalized spacial score (nSPS) is 20.4. The van der Waals surface area contributed by atoms with Crippen LogP contribution in [0.2, 0.25) is 0 Å². The molecule has 1 aliphatic carbocycles. The van der Waals surface area contributed by atoms with Gasteiger partial charge in [0.25, 0.3) is 0 Å². The summed E-state index contributed by atoms with van der Waals surface area (Å²) in [6.45, 7) is 5.19. The van der Waals surface area contributed by atoms with Gasteiger partial charge in [0.05, 0.1) is 7.11 Å². The summed E-state index contributed by atoms with van der Waals surface area (Å²) < 4.78 is 18.5. The van der Waals surface area contributed by atoms with E-state index in [9.17, 15) is 4.39 Å². The molecular formula is C16H25FN2O. The maximum atomic E-state index is 13.5. The fourth-order valence-electron chi connectivity index (χ4n) is 2.83. The molecule has 0 amide bonds. The van der Waals surface area contributed by atoms with Gasteiger partial charge in [-0.15, -0.1) is 0 Å². The quantitative estimate of drug-likeness (QED) is 0.886. The molecule has 3 N–H and O–H groups in total. The van der Waals surface area contributed by atoms with Gasteiger partial charge in [-0.25, -0.2) is 4.39 Å². The van der Waals surface area contributed by atoms with Crippen molar-refractivity contribution < 1.29 is 9.13 Å². The lowest BCUT2D eigenvalue weighted by Gasteiger charge is -2.44. The Labute approximate surface area is 120 Å². The van der Waals surface area contributed by atoms with Gasteiger partial charge in [0.15, 0.2) is 11.6 Å². The van der Waals surface area contributed by atoms with Crippen LogP contribution in [0, 0.1) is 11.2 Å². The standard InChI is InChI=1S/C16H25FN2O/c1-15(2)6-8-16(11-18,9-7-15)19-12-4-5-13(17)14(10-12)20-3/h4-5,10,19H,6-9,11,18H2,1-3H3.